The molecule has 0 unspecified atom stereocenters. The van der Waals surface area contributed by atoms with Gasteiger partial charge >= 0.3 is 0 Å². The molecule has 0 saturated heterocycles. The highest BCUT2D eigenvalue weighted by atomic mass is 16.3. The summed E-state index contributed by atoms with van der Waals surface area (Å²) in [5.41, 5.74) is 13.5. The normalized spacial score (nSPS) is 11.5. The van der Waals surface area contributed by atoms with E-state index in [1.54, 1.807) is 0 Å². The summed E-state index contributed by atoms with van der Waals surface area (Å²) in [6.45, 7) is 0. The number of rotatable bonds is 6. The van der Waals surface area contributed by atoms with Crippen LogP contribution in [0, 0.1) is 0 Å². The molecule has 10 rings (SSSR count). The number of aromatic nitrogens is 2. The molecule has 5 heteroatoms. The molecule has 0 spiro atoms. The smallest absolute Gasteiger partial charge is 0.161 e. The maximum atomic E-state index is 6.32. The molecule has 0 fully saturated rings. The van der Waals surface area contributed by atoms with Gasteiger partial charge in [-0.2, -0.15) is 0 Å². The van der Waals surface area contributed by atoms with Gasteiger partial charge in [-0.15, -0.1) is 0 Å². The number of furan rings is 2. The fourth-order valence-corrected chi connectivity index (χ4v) is 7.15. The van der Waals surface area contributed by atoms with Crippen LogP contribution in [-0.2, 0) is 0 Å². The highest BCUT2D eigenvalue weighted by molar-refractivity contribution is 6.09. The first-order chi connectivity index (χ1) is 25.3. The lowest BCUT2D eigenvalue weighted by Gasteiger charge is -2.26. The van der Waals surface area contributed by atoms with E-state index in [0.717, 1.165) is 89.0 Å². The lowest BCUT2D eigenvalue weighted by molar-refractivity contribution is 0.668. The summed E-state index contributed by atoms with van der Waals surface area (Å²) in [5.74, 6) is 0. The van der Waals surface area contributed by atoms with Crippen LogP contribution in [0.1, 0.15) is 0 Å². The average molecular weight is 656 g/mol. The van der Waals surface area contributed by atoms with Gasteiger partial charge in [-0.3, -0.25) is 9.97 Å². The molecular formula is C46H29N3O2. The number of nitrogens with zero attached hydrogens (tertiary/aromatic N) is 3. The molecule has 6 aromatic carbocycles. The van der Waals surface area contributed by atoms with Gasteiger partial charge in [-0.1, -0.05) is 97.1 Å². The summed E-state index contributed by atoms with van der Waals surface area (Å²) >= 11 is 0. The Balaban J connectivity index is 1.08. The standard InChI is InChI=1S/C46H29N3O2/c1-2-9-30(10-3-1)33-11-8-12-36(29-33)49(34-21-17-31(18-22-34)37-25-27-48-44-40-14-5-7-16-42(40)51-45(37)44)35-23-19-32(20-24-35)43-46-39(26-28-47-43)38-13-4-6-15-41(38)50-46/h1-29H. The van der Waals surface area contributed by atoms with Gasteiger partial charge in [0.2, 0.25) is 0 Å². The molecule has 0 bridgehead atoms. The minimum absolute atomic E-state index is 0.794. The first-order valence-electron chi connectivity index (χ1n) is 17.0. The first kappa shape index (κ1) is 29.0. The third-order valence-corrected chi connectivity index (χ3v) is 9.60. The molecule has 10 aromatic rings. The Hall–Kier alpha value is -6.98. The van der Waals surface area contributed by atoms with E-state index in [2.05, 4.69) is 119 Å². The zero-order chi connectivity index (χ0) is 33.7. The van der Waals surface area contributed by atoms with Crippen LogP contribution in [0.3, 0.4) is 0 Å². The van der Waals surface area contributed by atoms with Crippen LogP contribution in [0.5, 0.6) is 0 Å². The van der Waals surface area contributed by atoms with Gasteiger partial charge in [0.1, 0.15) is 22.4 Å². The van der Waals surface area contributed by atoms with E-state index in [9.17, 15) is 0 Å². The van der Waals surface area contributed by atoms with Crippen LogP contribution in [0.4, 0.5) is 17.1 Å². The molecule has 4 heterocycles. The van der Waals surface area contributed by atoms with Crippen molar-refractivity contribution in [2.75, 3.05) is 4.90 Å². The predicted octanol–water partition coefficient (Wildman–Crippen LogP) is 12.7. The van der Waals surface area contributed by atoms with E-state index < -0.39 is 0 Å². The molecule has 0 amide bonds. The second-order valence-electron chi connectivity index (χ2n) is 12.6. The van der Waals surface area contributed by atoms with Crippen LogP contribution < -0.4 is 4.90 Å². The van der Waals surface area contributed by atoms with Gasteiger partial charge in [0.05, 0.1) is 0 Å². The summed E-state index contributed by atoms with van der Waals surface area (Å²) in [6.07, 6.45) is 3.72. The van der Waals surface area contributed by atoms with E-state index >= 15 is 0 Å². The van der Waals surface area contributed by atoms with Gasteiger partial charge in [-0.25, -0.2) is 0 Å². The molecule has 51 heavy (non-hydrogen) atoms. The van der Waals surface area contributed by atoms with Crippen molar-refractivity contribution in [2.24, 2.45) is 0 Å². The monoisotopic (exact) mass is 655 g/mol. The fourth-order valence-electron chi connectivity index (χ4n) is 7.15. The molecule has 0 atom stereocenters. The fraction of sp³-hybridized carbons (Fsp3) is 0. The molecule has 5 nitrogen and oxygen atoms in total. The van der Waals surface area contributed by atoms with Crippen LogP contribution in [0.2, 0.25) is 0 Å². The number of para-hydroxylation sites is 2. The molecule has 240 valence electrons. The summed E-state index contributed by atoms with van der Waals surface area (Å²) < 4.78 is 12.6. The number of pyridine rings is 2. The topological polar surface area (TPSA) is 55.3 Å². The molecule has 0 N–H and O–H groups in total. The van der Waals surface area contributed by atoms with Crippen molar-refractivity contribution in [3.63, 3.8) is 0 Å². The zero-order valence-corrected chi connectivity index (χ0v) is 27.4. The highest BCUT2D eigenvalue weighted by Gasteiger charge is 2.18. The summed E-state index contributed by atoms with van der Waals surface area (Å²) in [7, 11) is 0. The lowest BCUT2D eigenvalue weighted by Crippen LogP contribution is -2.10. The number of benzene rings is 6. The third kappa shape index (κ3) is 4.94. The maximum absolute atomic E-state index is 6.32. The third-order valence-electron chi connectivity index (χ3n) is 9.60. The lowest BCUT2D eigenvalue weighted by atomic mass is 10.0. The minimum atomic E-state index is 0.794. The molecule has 0 saturated carbocycles. The zero-order valence-electron chi connectivity index (χ0n) is 27.4. The van der Waals surface area contributed by atoms with Crippen molar-refractivity contribution in [1.29, 1.82) is 0 Å². The number of hydrogen-bond donors (Lipinski definition) is 0. The van der Waals surface area contributed by atoms with Crippen molar-refractivity contribution in [2.45, 2.75) is 0 Å². The Morgan fingerprint density at radius 1 is 0.392 bits per heavy atom. The summed E-state index contributed by atoms with van der Waals surface area (Å²) in [5, 5.41) is 3.17. The minimum Gasteiger partial charge on any atom is -0.454 e. The molecule has 4 aromatic heterocycles. The Bertz CT molecular complexity index is 2700. The van der Waals surface area contributed by atoms with Crippen molar-refractivity contribution >= 4 is 61.1 Å². The van der Waals surface area contributed by atoms with Crippen LogP contribution in [-0.4, -0.2) is 9.97 Å². The van der Waals surface area contributed by atoms with Gasteiger partial charge in [-0.05, 0) is 83.4 Å². The van der Waals surface area contributed by atoms with Crippen molar-refractivity contribution < 1.29 is 8.83 Å². The second kappa shape index (κ2) is 11.9. The van der Waals surface area contributed by atoms with Gasteiger partial charge in [0.25, 0.3) is 0 Å². The van der Waals surface area contributed by atoms with Crippen LogP contribution >= 0.6 is 0 Å². The van der Waals surface area contributed by atoms with Crippen LogP contribution in [0.15, 0.2) is 185 Å². The summed E-state index contributed by atoms with van der Waals surface area (Å²) in [4.78, 5) is 11.7. The molecular weight excluding hydrogens is 627 g/mol. The molecule has 0 aliphatic rings. The average Bonchev–Trinajstić information content (AvgIpc) is 3.78. The Morgan fingerprint density at radius 3 is 1.80 bits per heavy atom. The number of hydrogen-bond acceptors (Lipinski definition) is 5. The molecule has 0 radical (unpaired) electrons. The second-order valence-corrected chi connectivity index (χ2v) is 12.6. The van der Waals surface area contributed by atoms with E-state index in [4.69, 9.17) is 13.8 Å². The van der Waals surface area contributed by atoms with E-state index in [1.165, 1.54) is 5.56 Å². The van der Waals surface area contributed by atoms with Gasteiger partial charge < -0.3 is 13.7 Å². The SMILES string of the molecule is c1ccc(-c2cccc(N(c3ccc(-c4nccc5c4oc4ccccc45)cc3)c3ccc(-c4ccnc5c4oc4ccccc45)cc3)c2)cc1. The highest BCUT2D eigenvalue weighted by Crippen LogP contribution is 2.41. The molecule has 0 aliphatic carbocycles. The molecule has 0 aliphatic heterocycles. The summed E-state index contributed by atoms with van der Waals surface area (Å²) in [6, 6.07) is 56.6. The first-order valence-corrected chi connectivity index (χ1v) is 17.0. The van der Waals surface area contributed by atoms with E-state index in [-0.39, 0.29) is 0 Å². The number of fused-ring (bicyclic) bond motifs is 6. The van der Waals surface area contributed by atoms with Crippen molar-refractivity contribution in [1.82, 2.24) is 9.97 Å². The Morgan fingerprint density at radius 2 is 1.02 bits per heavy atom. The largest absolute Gasteiger partial charge is 0.454 e. The maximum Gasteiger partial charge on any atom is 0.161 e. The van der Waals surface area contributed by atoms with Crippen LogP contribution in [0.25, 0.3) is 77.5 Å². The van der Waals surface area contributed by atoms with Gasteiger partial charge in [0.15, 0.2) is 11.2 Å². The number of anilines is 3. The van der Waals surface area contributed by atoms with E-state index in [0.29, 0.717) is 0 Å². The Kier molecular flexibility index (Phi) is 6.74. The van der Waals surface area contributed by atoms with Crippen molar-refractivity contribution in [3.8, 4) is 33.5 Å². The quantitative estimate of drug-likeness (QED) is 0.178. The van der Waals surface area contributed by atoms with Crippen molar-refractivity contribution in [3.05, 3.63) is 176 Å². The Labute approximate surface area is 293 Å². The van der Waals surface area contributed by atoms with E-state index in [1.807, 2.05) is 67.0 Å². The predicted molar refractivity (Wildman–Crippen MR) is 208 cm³/mol. The van der Waals surface area contributed by atoms with Gasteiger partial charge in [0, 0.05) is 56.7 Å².